The van der Waals surface area contributed by atoms with Crippen molar-refractivity contribution in [2.45, 2.75) is 38.5 Å². The number of pyridine rings is 1. The number of ketones is 1. The van der Waals surface area contributed by atoms with Crippen molar-refractivity contribution in [2.24, 2.45) is 5.92 Å². The normalized spacial score (nSPS) is 17.7. The van der Waals surface area contributed by atoms with Crippen LogP contribution in [0.5, 0.6) is 0 Å². The van der Waals surface area contributed by atoms with Crippen LogP contribution in [0.4, 0.5) is 11.5 Å². The molecule has 1 saturated heterocycles. The Labute approximate surface area is 215 Å². The second-order valence-corrected chi connectivity index (χ2v) is 11.0. The molecule has 4 heterocycles. The van der Waals surface area contributed by atoms with Crippen LogP contribution < -0.4 is 9.80 Å². The SMILES string of the molecule is O=C(CCC1CC1)c1cc2c(s1)-c1ccccc1N(C(=O)c1cccc(N3CCCOCC3)n1)CC2. The summed E-state index contributed by atoms with van der Waals surface area (Å²) in [6.07, 6.45) is 5.86. The second kappa shape index (κ2) is 10.1. The number of ether oxygens (including phenoxy) is 1. The highest BCUT2D eigenvalue weighted by Crippen LogP contribution is 2.42. The van der Waals surface area contributed by atoms with Crippen molar-refractivity contribution in [1.82, 2.24) is 4.98 Å². The molecule has 0 unspecified atom stereocenters. The fourth-order valence-corrected chi connectivity index (χ4v) is 6.35. The van der Waals surface area contributed by atoms with Crippen LogP contribution in [0.2, 0.25) is 0 Å². The van der Waals surface area contributed by atoms with E-state index in [0.717, 1.165) is 70.8 Å². The predicted molar refractivity (Wildman–Crippen MR) is 143 cm³/mol. The van der Waals surface area contributed by atoms with Gasteiger partial charge >= 0.3 is 0 Å². The summed E-state index contributed by atoms with van der Waals surface area (Å²) in [6.45, 7) is 3.64. The van der Waals surface area contributed by atoms with Crippen LogP contribution in [-0.2, 0) is 11.2 Å². The van der Waals surface area contributed by atoms with E-state index in [1.807, 2.05) is 35.2 Å². The van der Waals surface area contributed by atoms with E-state index in [9.17, 15) is 9.59 Å². The number of anilines is 2. The zero-order chi connectivity index (χ0) is 24.5. The molecule has 1 amide bonds. The lowest BCUT2D eigenvalue weighted by atomic mass is 10.1. The molecule has 0 radical (unpaired) electrons. The number of benzene rings is 1. The summed E-state index contributed by atoms with van der Waals surface area (Å²) < 4.78 is 5.58. The third kappa shape index (κ3) is 4.82. The van der Waals surface area contributed by atoms with Gasteiger partial charge in [0.1, 0.15) is 11.5 Å². The maximum Gasteiger partial charge on any atom is 0.276 e. The number of rotatable bonds is 6. The summed E-state index contributed by atoms with van der Waals surface area (Å²) in [6, 6.07) is 15.8. The van der Waals surface area contributed by atoms with Crippen LogP contribution in [-0.4, -0.2) is 49.5 Å². The van der Waals surface area contributed by atoms with Gasteiger partial charge in [-0.15, -0.1) is 11.3 Å². The first-order valence-corrected chi connectivity index (χ1v) is 13.9. The molecule has 7 heteroatoms. The molecule has 3 aliphatic rings. The molecular weight excluding hydrogens is 470 g/mol. The van der Waals surface area contributed by atoms with Gasteiger partial charge in [-0.25, -0.2) is 4.98 Å². The Morgan fingerprint density at radius 3 is 2.81 bits per heavy atom. The van der Waals surface area contributed by atoms with Crippen molar-refractivity contribution in [3.05, 3.63) is 64.7 Å². The van der Waals surface area contributed by atoms with Crippen LogP contribution in [0.25, 0.3) is 10.4 Å². The highest BCUT2D eigenvalue weighted by Gasteiger charge is 2.29. The molecule has 186 valence electrons. The number of hydrogen-bond donors (Lipinski definition) is 0. The minimum absolute atomic E-state index is 0.0914. The highest BCUT2D eigenvalue weighted by molar-refractivity contribution is 7.17. The molecule has 1 saturated carbocycles. The molecular formula is C29H31N3O3S. The van der Waals surface area contributed by atoms with Crippen molar-refractivity contribution in [1.29, 1.82) is 0 Å². The Kier molecular flexibility index (Phi) is 6.59. The lowest BCUT2D eigenvalue weighted by molar-refractivity contribution is 0.0974. The third-order valence-electron chi connectivity index (χ3n) is 7.35. The van der Waals surface area contributed by atoms with Crippen LogP contribution in [0, 0.1) is 5.92 Å². The number of Topliss-reactive ketones (excluding diaryl/α,β-unsaturated/α-hetero) is 1. The maximum absolute atomic E-state index is 13.8. The summed E-state index contributed by atoms with van der Waals surface area (Å²) >= 11 is 1.58. The van der Waals surface area contributed by atoms with Crippen LogP contribution >= 0.6 is 11.3 Å². The molecule has 1 aromatic carbocycles. The molecule has 6 rings (SSSR count). The lowest BCUT2D eigenvalue weighted by Gasteiger charge is -2.24. The van der Waals surface area contributed by atoms with Gasteiger partial charge in [0, 0.05) is 43.1 Å². The average molecular weight is 502 g/mol. The number of nitrogens with zero attached hydrogens (tertiary/aromatic N) is 3. The second-order valence-electron chi connectivity index (χ2n) is 9.93. The van der Waals surface area contributed by atoms with E-state index in [0.29, 0.717) is 31.7 Å². The average Bonchev–Trinajstić information content (AvgIpc) is 3.72. The summed E-state index contributed by atoms with van der Waals surface area (Å²) in [5.41, 5.74) is 3.51. The number of hydrogen-bond acceptors (Lipinski definition) is 6. The summed E-state index contributed by atoms with van der Waals surface area (Å²) in [7, 11) is 0. The van der Waals surface area contributed by atoms with Gasteiger partial charge in [0.2, 0.25) is 0 Å². The summed E-state index contributed by atoms with van der Waals surface area (Å²) in [5.74, 6) is 1.74. The molecule has 3 aromatic rings. The first-order chi connectivity index (χ1) is 17.7. The van der Waals surface area contributed by atoms with Gasteiger partial charge in [0.05, 0.1) is 17.2 Å². The van der Waals surface area contributed by atoms with Gasteiger partial charge in [-0.1, -0.05) is 37.1 Å². The Balaban J connectivity index is 1.27. The fraction of sp³-hybridized carbons (Fsp3) is 0.414. The third-order valence-corrected chi connectivity index (χ3v) is 8.60. The molecule has 36 heavy (non-hydrogen) atoms. The Morgan fingerprint density at radius 1 is 1.03 bits per heavy atom. The standard InChI is InChI=1S/C29H31N3O3S/c33-25(12-11-20-9-10-20)26-19-21-13-15-32(24-7-2-1-5-22(24)28(21)36-26)29(34)23-6-3-8-27(30-23)31-14-4-17-35-18-16-31/h1-3,5-8,19-20H,4,9-18H2. The van der Waals surface area contributed by atoms with Crippen molar-refractivity contribution < 1.29 is 14.3 Å². The molecule has 0 spiro atoms. The van der Waals surface area contributed by atoms with E-state index < -0.39 is 0 Å². The zero-order valence-electron chi connectivity index (χ0n) is 20.4. The largest absolute Gasteiger partial charge is 0.380 e. The number of aromatic nitrogens is 1. The van der Waals surface area contributed by atoms with E-state index in [4.69, 9.17) is 9.72 Å². The Morgan fingerprint density at radius 2 is 1.92 bits per heavy atom. The van der Waals surface area contributed by atoms with Crippen LogP contribution in [0.1, 0.15) is 57.8 Å². The number of amides is 1. The van der Waals surface area contributed by atoms with E-state index in [2.05, 4.69) is 17.0 Å². The molecule has 6 nitrogen and oxygen atoms in total. The van der Waals surface area contributed by atoms with Gasteiger partial charge in [0.25, 0.3) is 5.91 Å². The lowest BCUT2D eigenvalue weighted by Crippen LogP contribution is -2.34. The quantitative estimate of drug-likeness (QED) is 0.411. The first-order valence-electron chi connectivity index (χ1n) is 13.0. The topological polar surface area (TPSA) is 62.7 Å². The van der Waals surface area contributed by atoms with E-state index >= 15 is 0 Å². The van der Waals surface area contributed by atoms with Gasteiger partial charge in [0.15, 0.2) is 5.78 Å². The van der Waals surface area contributed by atoms with Gasteiger partial charge in [-0.2, -0.15) is 0 Å². The fourth-order valence-electron chi connectivity index (χ4n) is 5.14. The van der Waals surface area contributed by atoms with E-state index in [1.54, 1.807) is 17.4 Å². The Hall–Kier alpha value is -3.03. The molecule has 0 atom stereocenters. The molecule has 2 aromatic heterocycles. The van der Waals surface area contributed by atoms with E-state index in [-0.39, 0.29) is 11.7 Å². The molecule has 0 N–H and O–H groups in total. The maximum atomic E-state index is 13.8. The van der Waals surface area contributed by atoms with Crippen molar-refractivity contribution >= 4 is 34.5 Å². The minimum atomic E-state index is -0.0914. The van der Waals surface area contributed by atoms with Crippen molar-refractivity contribution in [3.8, 4) is 10.4 Å². The monoisotopic (exact) mass is 501 g/mol. The molecule has 2 aliphatic heterocycles. The van der Waals surface area contributed by atoms with Gasteiger partial charge in [-0.05, 0) is 55.0 Å². The number of carbonyl (C=O) groups excluding carboxylic acids is 2. The predicted octanol–water partition coefficient (Wildman–Crippen LogP) is 5.61. The number of para-hydroxylation sites is 1. The molecule has 2 fully saturated rings. The first kappa shape index (κ1) is 23.4. The number of fused-ring (bicyclic) bond motifs is 3. The summed E-state index contributed by atoms with van der Waals surface area (Å²) in [4.78, 5) is 37.4. The molecule has 1 aliphatic carbocycles. The van der Waals surface area contributed by atoms with Crippen LogP contribution in [0.15, 0.2) is 48.5 Å². The van der Waals surface area contributed by atoms with Crippen LogP contribution in [0.3, 0.4) is 0 Å². The van der Waals surface area contributed by atoms with Gasteiger partial charge < -0.3 is 14.5 Å². The minimum Gasteiger partial charge on any atom is -0.380 e. The van der Waals surface area contributed by atoms with Crippen molar-refractivity contribution in [3.63, 3.8) is 0 Å². The smallest absolute Gasteiger partial charge is 0.276 e. The number of thiophene rings is 1. The summed E-state index contributed by atoms with van der Waals surface area (Å²) in [5, 5.41) is 0. The zero-order valence-corrected chi connectivity index (χ0v) is 21.3. The van der Waals surface area contributed by atoms with Gasteiger partial charge in [-0.3, -0.25) is 9.59 Å². The Bertz CT molecular complexity index is 1270. The highest BCUT2D eigenvalue weighted by atomic mass is 32.1. The van der Waals surface area contributed by atoms with E-state index in [1.165, 1.54) is 12.8 Å². The van der Waals surface area contributed by atoms with Crippen molar-refractivity contribution in [2.75, 3.05) is 42.6 Å². The molecule has 0 bridgehead atoms. The number of carbonyl (C=O) groups is 2.